The van der Waals surface area contributed by atoms with E-state index in [4.69, 9.17) is 4.74 Å². The molecule has 2 aromatic carbocycles. The van der Waals surface area contributed by atoms with Crippen molar-refractivity contribution in [3.8, 4) is 5.75 Å². The average molecular weight is 346 g/mol. The molecule has 128 valence electrons. The van der Waals surface area contributed by atoms with Crippen LogP contribution in [0.2, 0.25) is 0 Å². The molecule has 0 fully saturated rings. The van der Waals surface area contributed by atoms with Crippen molar-refractivity contribution in [3.05, 3.63) is 59.2 Å². The third-order valence-corrected chi connectivity index (χ3v) is 4.93. The molecule has 1 aliphatic heterocycles. The minimum Gasteiger partial charge on any atom is -0.491 e. The molecule has 2 aromatic rings. The molecule has 4 heteroatoms. The summed E-state index contributed by atoms with van der Waals surface area (Å²) >= 11 is 0. The van der Waals surface area contributed by atoms with Gasteiger partial charge in [0.1, 0.15) is 18.5 Å². The molecule has 0 bridgehead atoms. The number of aliphatic hydroxyl groups is 1. The molecule has 0 saturated carbocycles. The summed E-state index contributed by atoms with van der Waals surface area (Å²) in [7, 11) is 0. The Morgan fingerprint density at radius 2 is 1.83 bits per heavy atom. The Morgan fingerprint density at radius 1 is 1.00 bits per heavy atom. The maximum Gasteiger partial charge on any atom is 0.119 e. The molecule has 0 spiro atoms. The first-order valence-corrected chi connectivity index (χ1v) is 8.55. The van der Waals surface area contributed by atoms with Gasteiger partial charge in [-0.15, -0.1) is 12.4 Å². The van der Waals surface area contributed by atoms with Gasteiger partial charge in [0.15, 0.2) is 0 Å². The van der Waals surface area contributed by atoms with Gasteiger partial charge in [0.05, 0.1) is 0 Å². The Balaban J connectivity index is 0.00000169. The quantitative estimate of drug-likeness (QED) is 0.901. The van der Waals surface area contributed by atoms with Crippen LogP contribution in [0.5, 0.6) is 5.75 Å². The number of halogens is 1. The van der Waals surface area contributed by atoms with Gasteiger partial charge in [-0.1, -0.05) is 24.3 Å². The van der Waals surface area contributed by atoms with Gasteiger partial charge in [-0.2, -0.15) is 0 Å². The Hall–Kier alpha value is -1.71. The van der Waals surface area contributed by atoms with Gasteiger partial charge >= 0.3 is 0 Å². The third kappa shape index (κ3) is 3.52. The molecule has 0 radical (unpaired) electrons. The van der Waals surface area contributed by atoms with Crippen molar-refractivity contribution in [2.75, 3.05) is 24.6 Å². The van der Waals surface area contributed by atoms with Crippen LogP contribution >= 0.6 is 12.4 Å². The molecule has 24 heavy (non-hydrogen) atoms. The third-order valence-electron chi connectivity index (χ3n) is 4.93. The van der Waals surface area contributed by atoms with E-state index in [1.54, 1.807) is 0 Å². The zero-order chi connectivity index (χ0) is 15.6. The highest BCUT2D eigenvalue weighted by Gasteiger charge is 2.21. The first-order valence-electron chi connectivity index (χ1n) is 8.55. The lowest BCUT2D eigenvalue weighted by Crippen LogP contribution is -2.34. The number of fused-ring (bicyclic) bond motifs is 2. The number of β-amino-alcohol motifs (C(OH)–C–C–N with tert-alkyl or cyclic N) is 1. The summed E-state index contributed by atoms with van der Waals surface area (Å²) in [6.45, 7) is 1.95. The molecule has 3 nitrogen and oxygen atoms in total. The summed E-state index contributed by atoms with van der Waals surface area (Å²) in [5, 5.41) is 10.3. The Morgan fingerprint density at radius 3 is 2.75 bits per heavy atom. The van der Waals surface area contributed by atoms with Crippen molar-refractivity contribution in [1.29, 1.82) is 0 Å². The molecule has 1 atom stereocenters. The summed E-state index contributed by atoms with van der Waals surface area (Å²) < 4.78 is 5.81. The number of hydrogen-bond acceptors (Lipinski definition) is 3. The topological polar surface area (TPSA) is 32.7 Å². The second-order valence-electron chi connectivity index (χ2n) is 6.57. The van der Waals surface area contributed by atoms with Crippen LogP contribution in [0.15, 0.2) is 42.5 Å². The van der Waals surface area contributed by atoms with Crippen LogP contribution in [-0.2, 0) is 19.3 Å². The zero-order valence-corrected chi connectivity index (χ0v) is 14.6. The van der Waals surface area contributed by atoms with Gasteiger partial charge in [0.25, 0.3) is 0 Å². The number of ether oxygens (including phenoxy) is 1. The zero-order valence-electron chi connectivity index (χ0n) is 13.8. The van der Waals surface area contributed by atoms with Crippen molar-refractivity contribution in [2.45, 2.75) is 31.8 Å². The number of aryl methyl sites for hydroxylation is 2. The number of benzene rings is 2. The Labute approximate surface area is 149 Å². The molecular weight excluding hydrogens is 322 g/mol. The fourth-order valence-electron chi connectivity index (χ4n) is 3.73. The minimum absolute atomic E-state index is 0. The summed E-state index contributed by atoms with van der Waals surface area (Å²) in [5.74, 6) is 0.881. The van der Waals surface area contributed by atoms with Crippen molar-refractivity contribution in [2.24, 2.45) is 0 Å². The SMILES string of the molecule is Cl.OC(COc1ccc2c(c1)CCC2)CN1CCc2ccccc21. The van der Waals surface area contributed by atoms with Crippen molar-refractivity contribution in [3.63, 3.8) is 0 Å². The molecule has 2 aliphatic rings. The largest absolute Gasteiger partial charge is 0.491 e. The first kappa shape index (κ1) is 17.1. The highest BCUT2D eigenvalue weighted by molar-refractivity contribution is 5.85. The second kappa shape index (κ2) is 7.45. The van der Waals surface area contributed by atoms with E-state index in [-0.39, 0.29) is 12.4 Å². The smallest absolute Gasteiger partial charge is 0.119 e. The van der Waals surface area contributed by atoms with E-state index in [9.17, 15) is 5.11 Å². The standard InChI is InChI=1S/C20H23NO2.ClH/c22-18(13-21-11-10-16-4-1-2-7-20(16)21)14-23-19-9-8-15-5-3-6-17(15)12-19;/h1-2,4,7-9,12,18,22H,3,5-6,10-11,13-14H2;1H. The van der Waals surface area contributed by atoms with Gasteiger partial charge in [0.2, 0.25) is 0 Å². The predicted molar refractivity (Wildman–Crippen MR) is 99.6 cm³/mol. The molecule has 0 saturated heterocycles. The van der Waals surface area contributed by atoms with E-state index in [0.29, 0.717) is 13.2 Å². The normalized spacial score (nSPS) is 16.3. The number of aliphatic hydroxyl groups excluding tert-OH is 1. The number of hydrogen-bond donors (Lipinski definition) is 1. The van der Waals surface area contributed by atoms with E-state index in [1.807, 2.05) is 6.07 Å². The average Bonchev–Trinajstić information content (AvgIpc) is 3.20. The summed E-state index contributed by atoms with van der Waals surface area (Å²) in [6.07, 6.45) is 4.17. The van der Waals surface area contributed by atoms with Crippen molar-refractivity contribution >= 4 is 18.1 Å². The number of nitrogens with zero attached hydrogens (tertiary/aromatic N) is 1. The van der Waals surface area contributed by atoms with Crippen LogP contribution in [0.4, 0.5) is 5.69 Å². The maximum absolute atomic E-state index is 10.3. The van der Waals surface area contributed by atoms with E-state index in [2.05, 4.69) is 41.3 Å². The van der Waals surface area contributed by atoms with Crippen LogP contribution in [-0.4, -0.2) is 30.9 Å². The van der Waals surface area contributed by atoms with Gasteiger partial charge < -0.3 is 14.7 Å². The first-order chi connectivity index (χ1) is 11.3. The molecule has 1 unspecified atom stereocenters. The van der Waals surface area contributed by atoms with E-state index in [0.717, 1.165) is 25.1 Å². The number of rotatable bonds is 5. The molecule has 0 amide bonds. The van der Waals surface area contributed by atoms with Crippen molar-refractivity contribution in [1.82, 2.24) is 0 Å². The number of para-hydroxylation sites is 1. The molecular formula is C20H24ClNO2. The maximum atomic E-state index is 10.3. The summed E-state index contributed by atoms with van der Waals surface area (Å²) in [5.41, 5.74) is 5.49. The Kier molecular flexibility index (Phi) is 5.32. The van der Waals surface area contributed by atoms with E-state index >= 15 is 0 Å². The van der Waals surface area contributed by atoms with E-state index in [1.165, 1.54) is 35.2 Å². The Bertz CT molecular complexity index is 704. The summed E-state index contributed by atoms with van der Waals surface area (Å²) in [6, 6.07) is 14.8. The molecule has 1 aliphatic carbocycles. The van der Waals surface area contributed by atoms with Crippen LogP contribution in [0.3, 0.4) is 0 Å². The fourth-order valence-corrected chi connectivity index (χ4v) is 3.73. The minimum atomic E-state index is -0.477. The lowest BCUT2D eigenvalue weighted by molar-refractivity contribution is 0.112. The van der Waals surface area contributed by atoms with Crippen LogP contribution in [0, 0.1) is 0 Å². The van der Waals surface area contributed by atoms with Gasteiger partial charge in [0, 0.05) is 18.8 Å². The number of anilines is 1. The van der Waals surface area contributed by atoms with Gasteiger partial charge in [-0.25, -0.2) is 0 Å². The summed E-state index contributed by atoms with van der Waals surface area (Å²) in [4.78, 5) is 2.26. The molecule has 1 N–H and O–H groups in total. The van der Waals surface area contributed by atoms with Crippen LogP contribution in [0.1, 0.15) is 23.1 Å². The molecule has 1 heterocycles. The fraction of sp³-hybridized carbons (Fsp3) is 0.400. The monoisotopic (exact) mass is 345 g/mol. The highest BCUT2D eigenvalue weighted by atomic mass is 35.5. The van der Waals surface area contributed by atoms with Crippen LogP contribution < -0.4 is 9.64 Å². The molecule has 0 aromatic heterocycles. The highest BCUT2D eigenvalue weighted by Crippen LogP contribution is 2.28. The second-order valence-corrected chi connectivity index (χ2v) is 6.57. The van der Waals surface area contributed by atoms with Crippen molar-refractivity contribution < 1.29 is 9.84 Å². The lowest BCUT2D eigenvalue weighted by Gasteiger charge is -2.23. The molecule has 4 rings (SSSR count). The van der Waals surface area contributed by atoms with Gasteiger partial charge in [-0.3, -0.25) is 0 Å². The van der Waals surface area contributed by atoms with E-state index < -0.39 is 6.10 Å². The lowest BCUT2D eigenvalue weighted by atomic mass is 10.1. The van der Waals surface area contributed by atoms with Gasteiger partial charge in [-0.05, 0) is 60.6 Å². The predicted octanol–water partition coefficient (Wildman–Crippen LogP) is 3.40. The van der Waals surface area contributed by atoms with Crippen LogP contribution in [0.25, 0.3) is 0 Å².